The summed E-state index contributed by atoms with van der Waals surface area (Å²) in [4.78, 5) is 64.5. The van der Waals surface area contributed by atoms with Gasteiger partial charge in [-0.25, -0.2) is 0 Å². The molecule has 12 heteroatoms. The number of aliphatic hydroxyl groups excluding tert-OH is 1. The summed E-state index contributed by atoms with van der Waals surface area (Å²) in [5.74, 6) is -2.17. The van der Waals surface area contributed by atoms with Gasteiger partial charge in [-0.05, 0) is 109 Å². The van der Waals surface area contributed by atoms with Crippen molar-refractivity contribution in [3.63, 3.8) is 0 Å². The lowest BCUT2D eigenvalue weighted by atomic mass is 9.33. The fraction of sp³-hybridized carbons (Fsp3) is 0.841. The van der Waals surface area contributed by atoms with Gasteiger partial charge >= 0.3 is 23.9 Å². The van der Waals surface area contributed by atoms with Crippen molar-refractivity contribution in [2.24, 2.45) is 50.2 Å². The van der Waals surface area contributed by atoms with E-state index >= 15 is 4.79 Å². The van der Waals surface area contributed by atoms with E-state index in [1.807, 2.05) is 0 Å². The summed E-state index contributed by atoms with van der Waals surface area (Å²) < 4.78 is 28.6. The lowest BCUT2D eigenvalue weighted by molar-refractivity contribution is -0.258. The quantitative estimate of drug-likeness (QED) is 0.168. The molecule has 0 aromatic heterocycles. The maximum Gasteiger partial charge on any atom is 0.303 e. The number of ether oxygens (including phenoxy) is 5. The van der Waals surface area contributed by atoms with Crippen molar-refractivity contribution in [2.45, 2.75) is 177 Å². The van der Waals surface area contributed by atoms with Gasteiger partial charge in [0.2, 0.25) is 5.91 Å². The highest BCUT2D eigenvalue weighted by atomic mass is 16.7. The first kappa shape index (κ1) is 42.6. The van der Waals surface area contributed by atoms with Crippen LogP contribution in [0.1, 0.15) is 140 Å². The number of carbonyl (C=O) groups excluding carboxylic acids is 5. The second-order valence-corrected chi connectivity index (χ2v) is 20.3. The largest absolute Gasteiger partial charge is 0.463 e. The minimum Gasteiger partial charge on any atom is -0.463 e. The van der Waals surface area contributed by atoms with Crippen molar-refractivity contribution >= 4 is 29.8 Å². The topological polar surface area (TPSA) is 164 Å². The molecule has 1 saturated heterocycles. The number of fused-ring (bicyclic) bond motifs is 7. The van der Waals surface area contributed by atoms with E-state index in [2.05, 4.69) is 59.9 Å². The van der Waals surface area contributed by atoms with Gasteiger partial charge in [0.05, 0.1) is 11.5 Å². The molecular weight excluding hydrogens is 718 g/mol. The first-order chi connectivity index (χ1) is 25.9. The molecular formula is C44H67NO11. The molecule has 12 nitrogen and oxygen atoms in total. The highest BCUT2D eigenvalue weighted by Crippen LogP contribution is 2.75. The van der Waals surface area contributed by atoms with Crippen LogP contribution in [0.2, 0.25) is 0 Å². The van der Waals surface area contributed by atoms with Crippen LogP contribution in [0.25, 0.3) is 0 Å². The maximum atomic E-state index is 15.2. The van der Waals surface area contributed by atoms with Crippen molar-refractivity contribution in [1.82, 2.24) is 5.32 Å². The highest BCUT2D eigenvalue weighted by molar-refractivity contribution is 5.84. The van der Waals surface area contributed by atoms with Gasteiger partial charge in [0.15, 0.2) is 24.5 Å². The predicted octanol–water partition coefficient (Wildman–Crippen LogP) is 6.35. The summed E-state index contributed by atoms with van der Waals surface area (Å²) in [5.41, 5.74) is 0.387. The summed E-state index contributed by atoms with van der Waals surface area (Å²) in [7, 11) is 0. The molecule has 2 N–H and O–H groups in total. The van der Waals surface area contributed by atoms with E-state index in [4.69, 9.17) is 23.7 Å². The van der Waals surface area contributed by atoms with Crippen LogP contribution >= 0.6 is 0 Å². The van der Waals surface area contributed by atoms with E-state index < -0.39 is 59.9 Å². The van der Waals surface area contributed by atoms with Crippen LogP contribution in [-0.4, -0.2) is 78.2 Å². The molecule has 0 aromatic rings. The Labute approximate surface area is 332 Å². The molecule has 0 spiro atoms. The molecule has 0 bridgehead atoms. The minimum atomic E-state index is -1.37. The fourth-order valence-corrected chi connectivity index (χ4v) is 13.3. The van der Waals surface area contributed by atoms with Crippen LogP contribution in [-0.2, 0) is 47.7 Å². The Hall–Kier alpha value is -2.99. The zero-order valence-electron chi connectivity index (χ0n) is 35.6. The smallest absolute Gasteiger partial charge is 0.303 e. The van der Waals surface area contributed by atoms with Gasteiger partial charge in [-0.15, -0.1) is 0 Å². The van der Waals surface area contributed by atoms with Gasteiger partial charge in [-0.3, -0.25) is 24.0 Å². The fourth-order valence-electron chi connectivity index (χ4n) is 13.3. The van der Waals surface area contributed by atoms with Gasteiger partial charge in [-0.1, -0.05) is 60.1 Å². The number of amides is 1. The molecule has 1 aliphatic heterocycles. The van der Waals surface area contributed by atoms with Gasteiger partial charge in [0, 0.05) is 27.7 Å². The average molecular weight is 786 g/mol. The third kappa shape index (κ3) is 7.00. The number of hydrogen-bond donors (Lipinski definition) is 2. The summed E-state index contributed by atoms with van der Waals surface area (Å²) in [6, 6.07) is 0. The number of allylic oxidation sites excluding steroid dienone is 2. The molecule has 6 aliphatic rings. The van der Waals surface area contributed by atoms with E-state index in [9.17, 15) is 24.3 Å². The standard InChI is InChI=1S/C44H67NO11/c1-24(46)52-23-30-34(53-25(2)47)35(54-26(3)48)36(55-27(4)49)37(56-30)45-38(51)44-20-18-39(5,6)22-29(44)28-12-13-32-41(9)16-15-33(50)40(7,8)31(41)14-17-43(32,11)42(28,10)19-21-44/h12,29-37,50H,13-23H2,1-11H3,(H,45,51)/t29-,30+,31-,32+,33-,34-,35-,36+,37+,41-,42+,43+,44-/m0/s1. The van der Waals surface area contributed by atoms with Crippen molar-refractivity contribution in [3.05, 3.63) is 11.6 Å². The van der Waals surface area contributed by atoms with Gasteiger partial charge in [0.1, 0.15) is 12.7 Å². The molecule has 0 radical (unpaired) electrons. The number of rotatable bonds is 7. The zero-order valence-corrected chi connectivity index (χ0v) is 35.6. The third-order valence-electron chi connectivity index (χ3n) is 16.3. The second kappa shape index (κ2) is 14.7. The lowest BCUT2D eigenvalue weighted by Gasteiger charge is -2.71. The van der Waals surface area contributed by atoms with Crippen molar-refractivity contribution in [3.8, 4) is 0 Å². The molecule has 6 rings (SSSR count). The van der Waals surface area contributed by atoms with Crippen LogP contribution in [0.5, 0.6) is 0 Å². The number of hydrogen-bond acceptors (Lipinski definition) is 11. The summed E-state index contributed by atoms with van der Waals surface area (Å²) in [5, 5.41) is 14.3. The Morgan fingerprint density at radius 2 is 1.36 bits per heavy atom. The molecule has 314 valence electrons. The Kier molecular flexibility index (Phi) is 11.2. The normalized spacial score (nSPS) is 43.5. The van der Waals surface area contributed by atoms with Gasteiger partial charge in [-0.2, -0.15) is 0 Å². The number of nitrogens with one attached hydrogen (secondary N) is 1. The highest BCUT2D eigenvalue weighted by Gasteiger charge is 2.69. The molecule has 1 heterocycles. The number of esters is 4. The van der Waals surface area contributed by atoms with E-state index in [0.717, 1.165) is 51.4 Å². The maximum absolute atomic E-state index is 15.2. The Morgan fingerprint density at radius 3 is 1.98 bits per heavy atom. The summed E-state index contributed by atoms with van der Waals surface area (Å²) in [6.45, 7) is 21.0. The van der Waals surface area contributed by atoms with Crippen LogP contribution in [0.15, 0.2) is 11.6 Å². The molecule has 1 amide bonds. The average Bonchev–Trinajstić information content (AvgIpc) is 3.07. The van der Waals surface area contributed by atoms with Crippen molar-refractivity contribution in [1.29, 1.82) is 0 Å². The van der Waals surface area contributed by atoms with E-state index in [1.165, 1.54) is 33.3 Å². The van der Waals surface area contributed by atoms with Crippen LogP contribution in [0.3, 0.4) is 0 Å². The minimum absolute atomic E-state index is 0.00471. The van der Waals surface area contributed by atoms with E-state index in [-0.39, 0.29) is 51.6 Å². The summed E-state index contributed by atoms with van der Waals surface area (Å²) >= 11 is 0. The second-order valence-electron chi connectivity index (χ2n) is 20.3. The number of carbonyl (C=O) groups is 5. The Bertz CT molecular complexity index is 1640. The van der Waals surface area contributed by atoms with E-state index in [1.54, 1.807) is 0 Å². The molecule has 13 atom stereocenters. The van der Waals surface area contributed by atoms with Crippen LogP contribution < -0.4 is 5.32 Å². The molecule has 56 heavy (non-hydrogen) atoms. The van der Waals surface area contributed by atoms with Crippen molar-refractivity contribution < 1.29 is 52.8 Å². The Morgan fingerprint density at radius 1 is 0.750 bits per heavy atom. The first-order valence-corrected chi connectivity index (χ1v) is 20.9. The molecule has 0 aromatic carbocycles. The number of aliphatic hydroxyl groups is 1. The Balaban J connectivity index is 1.37. The van der Waals surface area contributed by atoms with Crippen molar-refractivity contribution in [2.75, 3.05) is 6.61 Å². The van der Waals surface area contributed by atoms with Crippen LogP contribution in [0.4, 0.5) is 0 Å². The first-order valence-electron chi connectivity index (χ1n) is 20.9. The SMILES string of the molecule is CC(=O)OC[C@H]1O[C@@H](NC(=O)[C@]23CCC(C)(C)C[C@H]2C2=CC[C@@H]4[C@@]5(C)CC[C@H](O)C(C)(C)[C@@H]5CC[C@@]4(C)[C@]2(C)CC3)[C@H](OC(C)=O)[C@@H](OC(C)=O)[C@H]1OC(C)=O. The van der Waals surface area contributed by atoms with E-state index in [0.29, 0.717) is 24.7 Å². The molecule has 0 unspecified atom stereocenters. The molecule has 5 aliphatic carbocycles. The lowest BCUT2D eigenvalue weighted by Crippen LogP contribution is -2.68. The molecule has 4 saturated carbocycles. The third-order valence-corrected chi connectivity index (χ3v) is 16.3. The molecule has 5 fully saturated rings. The summed E-state index contributed by atoms with van der Waals surface area (Å²) in [6.07, 6.45) is 4.43. The van der Waals surface area contributed by atoms with Crippen LogP contribution in [0, 0.1) is 50.2 Å². The van der Waals surface area contributed by atoms with Gasteiger partial charge in [0.25, 0.3) is 0 Å². The predicted molar refractivity (Wildman–Crippen MR) is 205 cm³/mol. The van der Waals surface area contributed by atoms with Gasteiger partial charge < -0.3 is 34.1 Å². The zero-order chi connectivity index (χ0) is 41.4. The monoisotopic (exact) mass is 785 g/mol.